The van der Waals surface area contributed by atoms with Crippen molar-refractivity contribution in [1.82, 2.24) is 5.32 Å². The minimum atomic E-state index is -0.830. The van der Waals surface area contributed by atoms with Crippen LogP contribution in [0.25, 0.3) is 0 Å². The van der Waals surface area contributed by atoms with Crippen molar-refractivity contribution in [3.63, 3.8) is 0 Å². The van der Waals surface area contributed by atoms with Gasteiger partial charge in [-0.05, 0) is 19.3 Å². The fourth-order valence-corrected chi connectivity index (χ4v) is 5.12. The predicted octanol–water partition coefficient (Wildman–Crippen LogP) is 9.56. The summed E-state index contributed by atoms with van der Waals surface area (Å²) in [5.74, 6) is -0.0692. The van der Waals surface area contributed by atoms with E-state index in [0.29, 0.717) is 6.42 Å². The molecule has 0 bridgehead atoms. The lowest BCUT2D eigenvalue weighted by atomic mass is 10.0. The molecule has 2 unspecified atom stereocenters. The van der Waals surface area contributed by atoms with Crippen LogP contribution in [0.3, 0.4) is 0 Å². The number of hydrogen-bond donors (Lipinski definition) is 3. The molecule has 2 atom stereocenters. The lowest BCUT2D eigenvalue weighted by Crippen LogP contribution is -2.45. The number of unbranched alkanes of at least 4 members (excludes halogenated alkanes) is 23. The standard InChI is InChI=1S/C34H67NO3/c1-3-5-7-9-11-13-14-15-16-17-18-19-20-21-22-23-25-27-29-33(37)32(31-36)35-34(38)30-28-26-24-12-10-8-6-4-2/h27,29,32-33,36-37H,3-26,28,30-31H2,1-2H3,(H,35,38)/b29-27+. The molecular formula is C34H67NO3. The molecule has 0 saturated carbocycles. The lowest BCUT2D eigenvalue weighted by Gasteiger charge is -2.20. The molecule has 0 aliphatic carbocycles. The smallest absolute Gasteiger partial charge is 0.220 e. The molecule has 0 aliphatic heterocycles. The Labute approximate surface area is 237 Å². The quantitative estimate of drug-likeness (QED) is 0.0631. The number of aliphatic hydroxyl groups excluding tert-OH is 2. The summed E-state index contributed by atoms with van der Waals surface area (Å²) in [7, 11) is 0. The zero-order chi connectivity index (χ0) is 27.9. The van der Waals surface area contributed by atoms with Crippen LogP contribution in [0, 0.1) is 0 Å². The second-order valence-electron chi connectivity index (χ2n) is 11.6. The van der Waals surface area contributed by atoms with Gasteiger partial charge in [0.05, 0.1) is 18.8 Å². The van der Waals surface area contributed by atoms with Gasteiger partial charge < -0.3 is 15.5 Å². The molecule has 0 rings (SSSR count). The predicted molar refractivity (Wildman–Crippen MR) is 166 cm³/mol. The third-order valence-corrected chi connectivity index (χ3v) is 7.77. The fraction of sp³-hybridized carbons (Fsp3) is 0.912. The second kappa shape index (κ2) is 30.7. The summed E-state index contributed by atoms with van der Waals surface area (Å²) in [6.07, 6.45) is 35.8. The molecule has 0 aromatic heterocycles. The Bertz CT molecular complexity index is 508. The summed E-state index contributed by atoms with van der Waals surface area (Å²) < 4.78 is 0. The maximum atomic E-state index is 12.2. The van der Waals surface area contributed by atoms with Gasteiger partial charge in [0.25, 0.3) is 0 Å². The number of carbonyl (C=O) groups is 1. The van der Waals surface area contributed by atoms with Crippen LogP contribution in [-0.4, -0.2) is 34.9 Å². The van der Waals surface area contributed by atoms with E-state index in [1.807, 2.05) is 6.08 Å². The van der Waals surface area contributed by atoms with Gasteiger partial charge in [-0.2, -0.15) is 0 Å². The maximum absolute atomic E-state index is 12.2. The van der Waals surface area contributed by atoms with E-state index in [1.54, 1.807) is 6.08 Å². The van der Waals surface area contributed by atoms with E-state index in [1.165, 1.54) is 135 Å². The van der Waals surface area contributed by atoms with Gasteiger partial charge in [-0.25, -0.2) is 0 Å². The van der Waals surface area contributed by atoms with Crippen LogP contribution >= 0.6 is 0 Å². The zero-order valence-electron chi connectivity index (χ0n) is 25.7. The molecule has 4 heteroatoms. The van der Waals surface area contributed by atoms with Gasteiger partial charge in [-0.15, -0.1) is 0 Å². The van der Waals surface area contributed by atoms with Crippen molar-refractivity contribution in [1.29, 1.82) is 0 Å². The molecule has 0 saturated heterocycles. The number of hydrogen-bond acceptors (Lipinski definition) is 3. The first kappa shape index (κ1) is 37.1. The molecule has 0 radical (unpaired) electrons. The van der Waals surface area contributed by atoms with Crippen LogP contribution < -0.4 is 5.32 Å². The molecule has 1 amide bonds. The lowest BCUT2D eigenvalue weighted by molar-refractivity contribution is -0.123. The fourth-order valence-electron chi connectivity index (χ4n) is 5.12. The van der Waals surface area contributed by atoms with Gasteiger partial charge >= 0.3 is 0 Å². The molecular weight excluding hydrogens is 470 g/mol. The third kappa shape index (κ3) is 26.7. The minimum Gasteiger partial charge on any atom is -0.394 e. The van der Waals surface area contributed by atoms with Crippen LogP contribution in [0.4, 0.5) is 0 Å². The van der Waals surface area contributed by atoms with Crippen LogP contribution in [0.5, 0.6) is 0 Å². The van der Waals surface area contributed by atoms with Gasteiger partial charge in [0.1, 0.15) is 0 Å². The Morgan fingerprint density at radius 2 is 0.974 bits per heavy atom. The number of carbonyl (C=O) groups excluding carboxylic acids is 1. The monoisotopic (exact) mass is 538 g/mol. The number of nitrogens with one attached hydrogen (secondary N) is 1. The summed E-state index contributed by atoms with van der Waals surface area (Å²) in [4.78, 5) is 12.2. The largest absolute Gasteiger partial charge is 0.394 e. The van der Waals surface area contributed by atoms with Gasteiger partial charge in [0.15, 0.2) is 0 Å². The highest BCUT2D eigenvalue weighted by Crippen LogP contribution is 2.14. The van der Waals surface area contributed by atoms with Crippen molar-refractivity contribution in [2.24, 2.45) is 0 Å². The number of rotatable bonds is 30. The first-order chi connectivity index (χ1) is 18.7. The van der Waals surface area contributed by atoms with E-state index in [-0.39, 0.29) is 12.5 Å². The molecule has 0 aromatic carbocycles. The summed E-state index contributed by atoms with van der Waals surface area (Å²) in [5.41, 5.74) is 0. The van der Waals surface area contributed by atoms with E-state index in [9.17, 15) is 15.0 Å². The highest BCUT2D eigenvalue weighted by Gasteiger charge is 2.17. The van der Waals surface area contributed by atoms with E-state index in [2.05, 4.69) is 19.2 Å². The third-order valence-electron chi connectivity index (χ3n) is 7.77. The SMILES string of the molecule is CCCCCCCCCCCCCCCCCC/C=C/C(O)C(CO)NC(=O)CCCCCCCCCC. The van der Waals surface area contributed by atoms with E-state index in [0.717, 1.165) is 25.7 Å². The number of aliphatic hydroxyl groups is 2. The second-order valence-corrected chi connectivity index (χ2v) is 11.6. The average Bonchev–Trinajstić information content (AvgIpc) is 2.92. The van der Waals surface area contributed by atoms with Crippen LogP contribution in [0.15, 0.2) is 12.2 Å². The Morgan fingerprint density at radius 1 is 0.605 bits per heavy atom. The summed E-state index contributed by atoms with van der Waals surface area (Å²) in [6.45, 7) is 4.27. The summed E-state index contributed by atoms with van der Waals surface area (Å²) >= 11 is 0. The molecule has 0 fully saturated rings. The van der Waals surface area contributed by atoms with Crippen LogP contribution in [0.2, 0.25) is 0 Å². The first-order valence-electron chi connectivity index (χ1n) is 16.9. The zero-order valence-corrected chi connectivity index (χ0v) is 25.7. The van der Waals surface area contributed by atoms with Crippen molar-refractivity contribution in [3.8, 4) is 0 Å². The maximum Gasteiger partial charge on any atom is 0.220 e. The van der Waals surface area contributed by atoms with Crippen molar-refractivity contribution >= 4 is 5.91 Å². The molecule has 226 valence electrons. The molecule has 38 heavy (non-hydrogen) atoms. The molecule has 4 nitrogen and oxygen atoms in total. The van der Waals surface area contributed by atoms with E-state index in [4.69, 9.17) is 0 Å². The minimum absolute atomic E-state index is 0.0692. The Balaban J connectivity index is 3.58. The van der Waals surface area contributed by atoms with Gasteiger partial charge in [-0.3, -0.25) is 4.79 Å². The van der Waals surface area contributed by atoms with Gasteiger partial charge in [-0.1, -0.05) is 167 Å². The molecule has 3 N–H and O–H groups in total. The molecule has 0 aromatic rings. The normalized spacial score (nSPS) is 13.3. The Hall–Kier alpha value is -0.870. The molecule has 0 aliphatic rings. The average molecular weight is 538 g/mol. The van der Waals surface area contributed by atoms with Crippen molar-refractivity contribution in [2.45, 2.75) is 193 Å². The topological polar surface area (TPSA) is 69.6 Å². The highest BCUT2D eigenvalue weighted by molar-refractivity contribution is 5.76. The summed E-state index contributed by atoms with van der Waals surface area (Å²) in [5, 5.41) is 22.7. The Kier molecular flexibility index (Phi) is 30.0. The van der Waals surface area contributed by atoms with Crippen molar-refractivity contribution in [3.05, 3.63) is 12.2 Å². The van der Waals surface area contributed by atoms with Crippen molar-refractivity contribution in [2.75, 3.05) is 6.61 Å². The number of amides is 1. The molecule has 0 spiro atoms. The van der Waals surface area contributed by atoms with Crippen molar-refractivity contribution < 1.29 is 15.0 Å². The highest BCUT2D eigenvalue weighted by atomic mass is 16.3. The summed E-state index contributed by atoms with van der Waals surface area (Å²) in [6, 6.07) is -0.612. The van der Waals surface area contributed by atoms with Gasteiger partial charge in [0, 0.05) is 6.42 Å². The first-order valence-corrected chi connectivity index (χ1v) is 16.9. The van der Waals surface area contributed by atoms with E-state index < -0.39 is 12.1 Å². The Morgan fingerprint density at radius 3 is 1.37 bits per heavy atom. The van der Waals surface area contributed by atoms with Crippen LogP contribution in [-0.2, 0) is 4.79 Å². The van der Waals surface area contributed by atoms with Gasteiger partial charge in [0.2, 0.25) is 5.91 Å². The van der Waals surface area contributed by atoms with E-state index >= 15 is 0 Å². The number of allylic oxidation sites excluding steroid dienone is 1. The van der Waals surface area contributed by atoms with Crippen LogP contribution in [0.1, 0.15) is 181 Å². The molecule has 0 heterocycles.